The van der Waals surface area contributed by atoms with Gasteiger partial charge in [0.2, 0.25) is 0 Å². The Morgan fingerprint density at radius 2 is 2.00 bits per heavy atom. The smallest absolute Gasteiger partial charge is 0.278 e. The lowest BCUT2D eigenvalue weighted by Gasteiger charge is -2.10. The minimum absolute atomic E-state index is 0.0415. The van der Waals surface area contributed by atoms with E-state index < -0.39 is 11.5 Å². The standard InChI is InChI=1S/C20H21N7O3/c21-17-16(22-6-7-23-17)19(29)26-15-9-25-27(11-15)10-13-2-1-3-14(8-13)18(28)24-12-20(30)4-5-20/h1-3,6-9,11,30H,4-5,10,12H2,(H2,21,23)(H,24,28)(H,26,29). The van der Waals surface area contributed by atoms with Crippen LogP contribution in [0.25, 0.3) is 0 Å². The summed E-state index contributed by atoms with van der Waals surface area (Å²) in [7, 11) is 0. The normalized spacial score (nSPS) is 14.2. The highest BCUT2D eigenvalue weighted by molar-refractivity contribution is 6.05. The molecule has 154 valence electrons. The maximum absolute atomic E-state index is 12.3. The van der Waals surface area contributed by atoms with Crippen molar-refractivity contribution in [3.05, 3.63) is 65.9 Å². The number of nitrogen functional groups attached to an aromatic ring is 1. The lowest BCUT2D eigenvalue weighted by molar-refractivity contribution is 0.0895. The molecule has 1 aliphatic rings. The third kappa shape index (κ3) is 4.61. The maximum Gasteiger partial charge on any atom is 0.278 e. The van der Waals surface area contributed by atoms with E-state index in [4.69, 9.17) is 5.73 Å². The van der Waals surface area contributed by atoms with E-state index in [9.17, 15) is 14.7 Å². The second-order valence-electron chi connectivity index (χ2n) is 7.28. The number of aliphatic hydroxyl groups is 1. The summed E-state index contributed by atoms with van der Waals surface area (Å²) in [6, 6.07) is 7.16. The molecule has 1 aliphatic carbocycles. The highest BCUT2D eigenvalue weighted by Crippen LogP contribution is 2.33. The van der Waals surface area contributed by atoms with Gasteiger partial charge in [0.25, 0.3) is 11.8 Å². The van der Waals surface area contributed by atoms with Crippen LogP contribution in [-0.4, -0.2) is 48.8 Å². The van der Waals surface area contributed by atoms with Crippen LogP contribution in [0, 0.1) is 0 Å². The van der Waals surface area contributed by atoms with Gasteiger partial charge >= 0.3 is 0 Å². The Labute approximate surface area is 172 Å². The van der Waals surface area contributed by atoms with Crippen molar-refractivity contribution < 1.29 is 14.7 Å². The van der Waals surface area contributed by atoms with Crippen LogP contribution in [0.3, 0.4) is 0 Å². The maximum atomic E-state index is 12.3. The lowest BCUT2D eigenvalue weighted by atomic mass is 10.1. The van der Waals surface area contributed by atoms with Gasteiger partial charge in [-0.15, -0.1) is 0 Å². The Hall–Kier alpha value is -3.79. The van der Waals surface area contributed by atoms with Gasteiger partial charge in [-0.1, -0.05) is 12.1 Å². The van der Waals surface area contributed by atoms with Gasteiger partial charge in [-0.2, -0.15) is 5.10 Å². The summed E-state index contributed by atoms with van der Waals surface area (Å²) in [4.78, 5) is 32.3. The number of nitrogens with two attached hydrogens (primary N) is 1. The molecule has 0 radical (unpaired) electrons. The molecule has 1 aromatic carbocycles. The summed E-state index contributed by atoms with van der Waals surface area (Å²) >= 11 is 0. The largest absolute Gasteiger partial charge is 0.388 e. The molecule has 2 aromatic heterocycles. The van der Waals surface area contributed by atoms with Crippen LogP contribution in [0.1, 0.15) is 39.3 Å². The molecule has 2 heterocycles. The first-order chi connectivity index (χ1) is 14.4. The van der Waals surface area contributed by atoms with Crippen molar-refractivity contribution in [3.63, 3.8) is 0 Å². The lowest BCUT2D eigenvalue weighted by Crippen LogP contribution is -2.33. The summed E-state index contributed by atoms with van der Waals surface area (Å²) < 4.78 is 1.64. The number of carbonyl (C=O) groups excluding carboxylic acids is 2. The molecule has 0 unspecified atom stereocenters. The first-order valence-electron chi connectivity index (χ1n) is 9.42. The van der Waals surface area contributed by atoms with Crippen molar-refractivity contribution >= 4 is 23.3 Å². The summed E-state index contributed by atoms with van der Waals surface area (Å²) in [5, 5.41) is 19.5. The van der Waals surface area contributed by atoms with Crippen molar-refractivity contribution in [1.82, 2.24) is 25.1 Å². The molecule has 10 heteroatoms. The Morgan fingerprint density at radius 3 is 2.77 bits per heavy atom. The number of aromatic nitrogens is 4. The zero-order valence-electron chi connectivity index (χ0n) is 16.1. The van der Waals surface area contributed by atoms with Gasteiger partial charge in [0.05, 0.1) is 24.0 Å². The van der Waals surface area contributed by atoms with Gasteiger partial charge in [0.15, 0.2) is 11.5 Å². The molecule has 4 rings (SSSR count). The summed E-state index contributed by atoms with van der Waals surface area (Å²) in [6.45, 7) is 0.669. The fourth-order valence-corrected chi connectivity index (χ4v) is 2.89. The van der Waals surface area contributed by atoms with Crippen LogP contribution in [0.5, 0.6) is 0 Å². The second kappa shape index (κ2) is 7.91. The molecule has 10 nitrogen and oxygen atoms in total. The van der Waals surface area contributed by atoms with Crippen LogP contribution in [0.15, 0.2) is 49.1 Å². The molecule has 30 heavy (non-hydrogen) atoms. The number of hydrogen-bond donors (Lipinski definition) is 4. The second-order valence-corrected chi connectivity index (χ2v) is 7.28. The third-order valence-corrected chi connectivity index (χ3v) is 4.77. The van der Waals surface area contributed by atoms with Crippen LogP contribution in [0.2, 0.25) is 0 Å². The molecule has 0 saturated heterocycles. The van der Waals surface area contributed by atoms with Crippen molar-refractivity contribution in [1.29, 1.82) is 0 Å². The van der Waals surface area contributed by atoms with E-state index in [2.05, 4.69) is 25.7 Å². The van der Waals surface area contributed by atoms with Gasteiger partial charge in [-0.25, -0.2) is 9.97 Å². The molecule has 2 amide bonds. The van der Waals surface area contributed by atoms with E-state index in [-0.39, 0.29) is 24.0 Å². The molecule has 0 aliphatic heterocycles. The molecular weight excluding hydrogens is 386 g/mol. The van der Waals surface area contributed by atoms with Crippen LogP contribution in [-0.2, 0) is 6.54 Å². The van der Waals surface area contributed by atoms with Crippen molar-refractivity contribution in [2.45, 2.75) is 25.0 Å². The van der Waals surface area contributed by atoms with Crippen molar-refractivity contribution in [3.8, 4) is 0 Å². The quantitative estimate of drug-likeness (QED) is 0.453. The minimum atomic E-state index is -0.737. The van der Waals surface area contributed by atoms with Gasteiger partial charge in [0.1, 0.15) is 0 Å². The fraction of sp³-hybridized carbons (Fsp3) is 0.250. The van der Waals surface area contributed by atoms with Gasteiger partial charge in [-0.05, 0) is 30.5 Å². The number of nitrogens with zero attached hydrogens (tertiary/aromatic N) is 4. The minimum Gasteiger partial charge on any atom is -0.388 e. The van der Waals surface area contributed by atoms with E-state index in [1.165, 1.54) is 18.6 Å². The number of benzene rings is 1. The Balaban J connectivity index is 1.38. The monoisotopic (exact) mass is 407 g/mol. The van der Waals surface area contributed by atoms with Crippen LogP contribution < -0.4 is 16.4 Å². The van der Waals surface area contributed by atoms with Gasteiger partial charge in [-0.3, -0.25) is 14.3 Å². The first kappa shape index (κ1) is 19.5. The number of amides is 2. The molecule has 3 aromatic rings. The van der Waals surface area contributed by atoms with E-state index in [0.717, 1.165) is 18.4 Å². The number of rotatable bonds is 7. The van der Waals surface area contributed by atoms with Crippen molar-refractivity contribution in [2.24, 2.45) is 0 Å². The summed E-state index contributed by atoms with van der Waals surface area (Å²) in [5.41, 5.74) is 6.83. The average Bonchev–Trinajstić information content (AvgIpc) is 3.32. The zero-order chi connectivity index (χ0) is 21.1. The zero-order valence-corrected chi connectivity index (χ0v) is 16.1. The summed E-state index contributed by atoms with van der Waals surface area (Å²) in [5.74, 6) is -0.658. The topological polar surface area (TPSA) is 148 Å². The Bertz CT molecular complexity index is 1090. The van der Waals surface area contributed by atoms with Crippen LogP contribution in [0.4, 0.5) is 11.5 Å². The van der Waals surface area contributed by atoms with E-state index in [1.807, 2.05) is 6.07 Å². The average molecular weight is 407 g/mol. The number of nitrogens with one attached hydrogen (secondary N) is 2. The Morgan fingerprint density at radius 1 is 1.20 bits per heavy atom. The van der Waals surface area contributed by atoms with Crippen molar-refractivity contribution in [2.75, 3.05) is 17.6 Å². The molecule has 0 spiro atoms. The highest BCUT2D eigenvalue weighted by Gasteiger charge is 2.40. The molecular formula is C20H21N7O3. The first-order valence-corrected chi connectivity index (χ1v) is 9.42. The van der Waals surface area contributed by atoms with E-state index in [1.54, 1.807) is 29.1 Å². The predicted octanol–water partition coefficient (Wildman–Crippen LogP) is 0.811. The summed E-state index contributed by atoms with van der Waals surface area (Å²) in [6.07, 6.45) is 7.41. The number of anilines is 2. The fourth-order valence-electron chi connectivity index (χ4n) is 2.89. The number of carbonyl (C=O) groups is 2. The van der Waals surface area contributed by atoms with Gasteiger partial charge < -0.3 is 21.5 Å². The molecule has 1 saturated carbocycles. The Kier molecular flexibility index (Phi) is 5.15. The van der Waals surface area contributed by atoms with E-state index >= 15 is 0 Å². The SMILES string of the molecule is Nc1nccnc1C(=O)Nc1cnn(Cc2cccc(C(=O)NCC3(O)CC3)c2)c1. The van der Waals surface area contributed by atoms with Gasteiger partial charge in [0, 0.05) is 30.7 Å². The number of hydrogen-bond acceptors (Lipinski definition) is 7. The van der Waals surface area contributed by atoms with Crippen LogP contribution >= 0.6 is 0 Å². The predicted molar refractivity (Wildman–Crippen MR) is 109 cm³/mol. The molecule has 0 bridgehead atoms. The molecule has 5 N–H and O–H groups in total. The molecule has 0 atom stereocenters. The molecule has 1 fully saturated rings. The van der Waals surface area contributed by atoms with E-state index in [0.29, 0.717) is 17.8 Å². The third-order valence-electron chi connectivity index (χ3n) is 4.77. The highest BCUT2D eigenvalue weighted by atomic mass is 16.3.